The molecule has 16 nitrogen and oxygen atoms in total. The number of aromatic amines is 4. The Morgan fingerprint density at radius 1 is 0.173 bits per heavy atom. The van der Waals surface area contributed by atoms with Crippen LogP contribution in [0.4, 0.5) is 0 Å². The predicted octanol–water partition coefficient (Wildman–Crippen LogP) is 39.5. The third kappa shape index (κ3) is 33.6. The molecule has 0 saturated carbocycles. The fourth-order valence-electron chi connectivity index (χ4n) is 21.1. The van der Waals surface area contributed by atoms with Crippen LogP contribution in [0.2, 0.25) is 0 Å². The minimum absolute atomic E-state index is 0.594. The molecule has 5 aromatic carbocycles. The molecule has 16 heteroatoms. The number of nitrogens with zero attached hydrogens (tertiary/aromatic N) is 4. The lowest BCUT2D eigenvalue weighted by molar-refractivity contribution is 0.289. The summed E-state index contributed by atoms with van der Waals surface area (Å²) in [6.45, 7) is 23.0. The molecular formula is C134H174N8O8. The van der Waals surface area contributed by atoms with Gasteiger partial charge in [0.1, 0.15) is 46.0 Å². The monoisotopic (exact) mass is 2020 g/mol. The van der Waals surface area contributed by atoms with Gasteiger partial charge in [0, 0.05) is 102 Å². The van der Waals surface area contributed by atoms with E-state index in [0.29, 0.717) is 52.9 Å². The summed E-state index contributed by atoms with van der Waals surface area (Å²) in [6, 6.07) is 56.8. The number of hydrogen-bond donors (Lipinski definition) is 4. The van der Waals surface area contributed by atoms with Crippen molar-refractivity contribution in [2.24, 2.45) is 0 Å². The van der Waals surface area contributed by atoms with Gasteiger partial charge in [-0.15, -0.1) is 0 Å². The molecule has 16 bridgehead atoms. The van der Waals surface area contributed by atoms with Crippen LogP contribution in [0, 0.1) is 0 Å². The van der Waals surface area contributed by atoms with Crippen LogP contribution in [0.25, 0.3) is 160 Å². The average Bonchev–Trinajstić information content (AvgIpc) is 1.60. The third-order valence-corrected chi connectivity index (χ3v) is 29.4. The van der Waals surface area contributed by atoms with E-state index in [2.05, 4.69) is 282 Å². The molecule has 10 heterocycles. The van der Waals surface area contributed by atoms with Crippen LogP contribution in [0.5, 0.6) is 46.0 Å². The van der Waals surface area contributed by atoms with Crippen molar-refractivity contribution >= 4 is 92.7 Å². The second kappa shape index (κ2) is 61.9. The summed E-state index contributed by atoms with van der Waals surface area (Å²) in [5, 5.41) is 0. The fraction of sp³-hybridized carbons (Fsp3) is 0.478. The van der Waals surface area contributed by atoms with Crippen LogP contribution in [0.1, 0.15) is 409 Å². The highest BCUT2D eigenvalue weighted by Crippen LogP contribution is 2.47. The molecule has 4 aliphatic heterocycles. The van der Waals surface area contributed by atoms with Crippen LogP contribution in [0.3, 0.4) is 0 Å². The van der Waals surface area contributed by atoms with E-state index >= 15 is 0 Å². The molecule has 0 atom stereocenters. The van der Waals surface area contributed by atoms with E-state index in [1.54, 1.807) is 0 Å². The number of fused-ring (bicyclic) bond motifs is 16. The van der Waals surface area contributed by atoms with Crippen molar-refractivity contribution in [1.82, 2.24) is 39.9 Å². The number of ether oxygens (including phenoxy) is 8. The SMILES string of the molecule is CCCCCCCCOc1cc(OCCCCCCCC)cc(-c2c3nc(c(-c4ccccc4-c4c5nc(c(-c6cc(OCCCCCCCC)cc(OCCCCCCCC)c6)c6ccc(cc7nc(c(-c8cc(OCCCCCCCC)cc(OCCCCCCCC)c8)c8ccc4[nH]8)C=C7)[nH]6)C=C5)c4ccc([nH]4)c(-c4cc(OCCCCCCCC)cc(OCCCCCCCC)c4)c4nc(cc5ccc2[nH]5)C=C4)C=C3)c1. The van der Waals surface area contributed by atoms with Gasteiger partial charge in [0.25, 0.3) is 0 Å². The van der Waals surface area contributed by atoms with Gasteiger partial charge in [-0.1, -0.05) is 336 Å². The Morgan fingerprint density at radius 2 is 0.360 bits per heavy atom. The third-order valence-electron chi connectivity index (χ3n) is 29.4. The standard InChI is InChI=1S/C134H174N8O8/c1-9-17-25-33-41-51-77-143-107-85-99(86-108(95-107)144-78-52-42-34-26-18-10-2)129-117-65-61-103(135-117)93-104-62-66-118(136-104)130(100-87-109(145-79-53-43-35-27-19-11-3)96-110(88-100)146-80-54-44-36-28-20-12-4)122-70-74-126(140-122)133(125-73-69-121(129)139-125)115-59-49-50-60-116(115)134-127-75-71-123(141-127)131(101-89-111(147-81-55-45-37-29-21-13-5)97-112(90-101)148-82-56-46-38-30-22-14-6)119-67-63-105(137-119)94-106-64-68-120(138-106)132(124-72-76-128(134)142-124)102-91-113(149-83-57-47-39-31-23-15-7)98-114(92-102)150-84-58-48-40-32-24-16-8/h49-50,59-76,85-98,135,137,140,142H,9-48,51-58,77-84H2,1-8H3. The Balaban J connectivity index is 0.999. The minimum atomic E-state index is 0.594. The largest absolute Gasteiger partial charge is 0.493 e. The van der Waals surface area contributed by atoms with E-state index in [0.717, 1.165) is 305 Å². The van der Waals surface area contributed by atoms with Gasteiger partial charge in [0.2, 0.25) is 0 Å². The summed E-state index contributed by atoms with van der Waals surface area (Å²) in [5.74, 6) is 6.10. The van der Waals surface area contributed by atoms with Gasteiger partial charge in [0.05, 0.1) is 98.4 Å². The number of hydrogen-bond acceptors (Lipinski definition) is 12. The lowest BCUT2D eigenvalue weighted by atomic mass is 9.92. The highest BCUT2D eigenvalue weighted by Gasteiger charge is 2.27. The summed E-state index contributed by atoms with van der Waals surface area (Å²) >= 11 is 0. The molecule has 0 radical (unpaired) electrons. The van der Waals surface area contributed by atoms with Gasteiger partial charge in [0.15, 0.2) is 0 Å². The number of nitrogens with one attached hydrogen (secondary N) is 4. The van der Waals surface area contributed by atoms with Gasteiger partial charge in [-0.25, -0.2) is 19.9 Å². The number of H-pyrrole nitrogens is 4. The molecular weight excluding hydrogens is 1850 g/mol. The van der Waals surface area contributed by atoms with Gasteiger partial charge >= 0.3 is 0 Å². The van der Waals surface area contributed by atoms with Crippen LogP contribution in [-0.2, 0) is 0 Å². The first kappa shape index (κ1) is 112. The molecule has 15 rings (SSSR count). The normalized spacial score (nSPS) is 12.1. The summed E-state index contributed by atoms with van der Waals surface area (Å²) in [4.78, 5) is 39.8. The minimum Gasteiger partial charge on any atom is -0.493 e. The molecule has 0 unspecified atom stereocenters. The maximum Gasteiger partial charge on any atom is 0.123 e. The number of aromatic nitrogens is 8. The van der Waals surface area contributed by atoms with Crippen LogP contribution in [0.15, 0.2) is 158 Å². The van der Waals surface area contributed by atoms with E-state index in [1.807, 2.05) is 0 Å². The number of rotatable bonds is 70. The second-order valence-electron chi connectivity index (χ2n) is 42.0. The summed E-state index contributed by atoms with van der Waals surface area (Å²) < 4.78 is 55.3. The van der Waals surface area contributed by atoms with Crippen molar-refractivity contribution in [2.45, 2.75) is 364 Å². The van der Waals surface area contributed by atoms with Crippen LogP contribution in [-0.4, -0.2) is 92.7 Å². The van der Waals surface area contributed by atoms with Crippen LogP contribution < -0.4 is 37.9 Å². The fourth-order valence-corrected chi connectivity index (χ4v) is 21.1. The van der Waals surface area contributed by atoms with Crippen molar-refractivity contribution in [1.29, 1.82) is 0 Å². The lowest BCUT2D eigenvalue weighted by Gasteiger charge is -2.14. The Labute approximate surface area is 897 Å². The smallest absolute Gasteiger partial charge is 0.123 e. The highest BCUT2D eigenvalue weighted by atomic mass is 16.5. The van der Waals surface area contributed by atoms with E-state index in [9.17, 15) is 0 Å². The molecule has 6 aromatic heterocycles. The van der Waals surface area contributed by atoms with Gasteiger partial charge in [-0.2, -0.15) is 0 Å². The van der Waals surface area contributed by atoms with E-state index in [4.69, 9.17) is 57.8 Å². The zero-order valence-corrected chi connectivity index (χ0v) is 92.3. The van der Waals surface area contributed by atoms with Crippen molar-refractivity contribution < 1.29 is 37.9 Å². The molecule has 0 amide bonds. The second-order valence-corrected chi connectivity index (χ2v) is 42.0. The number of unbranched alkanes of at least 4 members (excludes halogenated alkanes) is 40. The summed E-state index contributed by atoms with van der Waals surface area (Å²) in [5.41, 5.74) is 24.0. The van der Waals surface area contributed by atoms with Crippen molar-refractivity contribution in [3.05, 3.63) is 203 Å². The lowest BCUT2D eigenvalue weighted by Crippen LogP contribution is -2.01. The number of benzene rings is 5. The zero-order valence-electron chi connectivity index (χ0n) is 92.3. The highest BCUT2D eigenvalue weighted by molar-refractivity contribution is 6.05. The van der Waals surface area contributed by atoms with E-state index < -0.39 is 0 Å². The molecule has 11 aromatic rings. The maximum atomic E-state index is 6.91. The molecule has 150 heavy (non-hydrogen) atoms. The Hall–Kier alpha value is -12.3. The van der Waals surface area contributed by atoms with E-state index in [-0.39, 0.29) is 0 Å². The van der Waals surface area contributed by atoms with Crippen LogP contribution >= 0.6 is 0 Å². The van der Waals surface area contributed by atoms with Gasteiger partial charge in [-0.05, 0) is 243 Å². The maximum absolute atomic E-state index is 6.91. The predicted molar refractivity (Wildman–Crippen MR) is 635 cm³/mol. The first-order chi connectivity index (χ1) is 74.1. The summed E-state index contributed by atoms with van der Waals surface area (Å²) in [6.07, 6.45) is 73.0. The zero-order chi connectivity index (χ0) is 104. The summed E-state index contributed by atoms with van der Waals surface area (Å²) in [7, 11) is 0. The molecule has 0 spiro atoms. The molecule has 4 aliphatic rings. The molecule has 0 aliphatic carbocycles. The first-order valence-corrected chi connectivity index (χ1v) is 59.1. The molecule has 0 saturated heterocycles. The Kier molecular flexibility index (Phi) is 46.1. The molecule has 798 valence electrons. The van der Waals surface area contributed by atoms with E-state index in [1.165, 1.54) is 205 Å². The first-order valence-electron chi connectivity index (χ1n) is 59.1. The van der Waals surface area contributed by atoms with Crippen molar-refractivity contribution in [2.75, 3.05) is 52.9 Å². The van der Waals surface area contributed by atoms with Gasteiger partial charge in [-0.3, -0.25) is 0 Å². The molecule has 4 N–H and O–H groups in total. The topological polar surface area (TPSA) is 189 Å². The average molecular weight is 2020 g/mol. The quantitative estimate of drug-likeness (QED) is 0.0265. The van der Waals surface area contributed by atoms with Gasteiger partial charge < -0.3 is 57.8 Å². The molecule has 0 fully saturated rings. The Bertz CT molecular complexity index is 5840. The van der Waals surface area contributed by atoms with Crippen molar-refractivity contribution in [3.8, 4) is 113 Å². The Morgan fingerprint density at radius 3 is 0.593 bits per heavy atom. The van der Waals surface area contributed by atoms with Crippen molar-refractivity contribution in [3.63, 3.8) is 0 Å².